The maximum Gasteiger partial charge on any atom is 0.142 e. The zero-order valence-corrected chi connectivity index (χ0v) is 14.6. The van der Waals surface area contributed by atoms with Gasteiger partial charge in [-0.05, 0) is 49.8 Å². The molecule has 0 saturated carbocycles. The summed E-state index contributed by atoms with van der Waals surface area (Å²) in [6.45, 7) is 1.94. The highest BCUT2D eigenvalue weighted by molar-refractivity contribution is 5.42. The Kier molecular flexibility index (Phi) is 5.67. The van der Waals surface area contributed by atoms with Crippen LogP contribution in [0.25, 0.3) is 0 Å². The Hall–Kier alpha value is -2.38. The molecule has 1 aromatic heterocycles. The molecule has 2 heterocycles. The molecule has 1 atom stereocenters. The van der Waals surface area contributed by atoms with Crippen molar-refractivity contribution in [2.24, 2.45) is 5.41 Å². The maximum absolute atomic E-state index is 10.1. The van der Waals surface area contributed by atoms with Gasteiger partial charge in [-0.1, -0.05) is 36.4 Å². The van der Waals surface area contributed by atoms with Crippen LogP contribution in [0.3, 0.4) is 0 Å². The van der Waals surface area contributed by atoms with Gasteiger partial charge in [0.25, 0.3) is 0 Å². The predicted molar refractivity (Wildman–Crippen MR) is 99.3 cm³/mol. The number of hydrogen-bond donors (Lipinski definition) is 1. The van der Waals surface area contributed by atoms with Crippen molar-refractivity contribution in [3.63, 3.8) is 0 Å². The first-order valence-electron chi connectivity index (χ1n) is 9.02. The van der Waals surface area contributed by atoms with Crippen molar-refractivity contribution in [1.29, 1.82) is 5.26 Å². The monoisotopic (exact) mass is 335 g/mol. The SMILES string of the molecule is N#Cc1cccc(N2CCCC(CO)(CCCc3ccccc3)C2)n1. The molecular weight excluding hydrogens is 310 g/mol. The highest BCUT2D eigenvalue weighted by Gasteiger charge is 2.35. The van der Waals surface area contributed by atoms with Crippen molar-refractivity contribution in [3.05, 3.63) is 59.8 Å². The van der Waals surface area contributed by atoms with Crippen LogP contribution in [0.4, 0.5) is 5.82 Å². The number of anilines is 1. The summed E-state index contributed by atoms with van der Waals surface area (Å²) in [7, 11) is 0. The van der Waals surface area contributed by atoms with Crippen LogP contribution in [0.2, 0.25) is 0 Å². The van der Waals surface area contributed by atoms with E-state index in [2.05, 4.69) is 40.2 Å². The van der Waals surface area contributed by atoms with Gasteiger partial charge in [-0.15, -0.1) is 0 Å². The fourth-order valence-electron chi connectivity index (χ4n) is 3.79. The fraction of sp³-hybridized carbons (Fsp3) is 0.429. The lowest BCUT2D eigenvalue weighted by atomic mass is 9.76. The number of rotatable bonds is 6. The number of piperidine rings is 1. The van der Waals surface area contributed by atoms with Crippen molar-refractivity contribution < 1.29 is 5.11 Å². The molecule has 1 aromatic carbocycles. The van der Waals surface area contributed by atoms with Crippen LogP contribution in [0.1, 0.15) is 36.9 Å². The van der Waals surface area contributed by atoms with Crippen molar-refractivity contribution in [1.82, 2.24) is 4.98 Å². The van der Waals surface area contributed by atoms with E-state index in [9.17, 15) is 5.11 Å². The summed E-state index contributed by atoms with van der Waals surface area (Å²) in [5.41, 5.74) is 1.73. The summed E-state index contributed by atoms with van der Waals surface area (Å²) < 4.78 is 0. The molecule has 1 saturated heterocycles. The van der Waals surface area contributed by atoms with E-state index in [4.69, 9.17) is 5.26 Å². The number of aryl methyl sites for hydroxylation is 1. The smallest absolute Gasteiger partial charge is 0.142 e. The Morgan fingerprint density at radius 1 is 1.16 bits per heavy atom. The zero-order chi connectivity index (χ0) is 17.5. The maximum atomic E-state index is 10.1. The first-order valence-corrected chi connectivity index (χ1v) is 9.02. The van der Waals surface area contributed by atoms with Gasteiger partial charge in [0, 0.05) is 18.5 Å². The van der Waals surface area contributed by atoms with Gasteiger partial charge in [0.15, 0.2) is 0 Å². The Bertz CT molecular complexity index is 725. The molecule has 1 N–H and O–H groups in total. The number of aromatic nitrogens is 1. The average molecular weight is 335 g/mol. The summed E-state index contributed by atoms with van der Waals surface area (Å²) in [6, 6.07) is 18.2. The molecule has 0 spiro atoms. The molecule has 1 unspecified atom stereocenters. The molecule has 0 amide bonds. The van der Waals surface area contributed by atoms with Crippen LogP contribution in [0.15, 0.2) is 48.5 Å². The molecular formula is C21H25N3O. The number of hydrogen-bond acceptors (Lipinski definition) is 4. The molecule has 1 fully saturated rings. The van der Waals surface area contributed by atoms with Crippen LogP contribution < -0.4 is 4.90 Å². The Morgan fingerprint density at radius 3 is 2.76 bits per heavy atom. The van der Waals surface area contributed by atoms with E-state index in [1.807, 2.05) is 18.2 Å². The minimum atomic E-state index is -0.0721. The van der Waals surface area contributed by atoms with Crippen molar-refractivity contribution >= 4 is 5.82 Å². The summed E-state index contributed by atoms with van der Waals surface area (Å²) >= 11 is 0. The molecule has 0 bridgehead atoms. The van der Waals surface area contributed by atoms with E-state index in [0.29, 0.717) is 5.69 Å². The summed E-state index contributed by atoms with van der Waals surface area (Å²) in [4.78, 5) is 6.65. The van der Waals surface area contributed by atoms with Crippen LogP contribution in [0.5, 0.6) is 0 Å². The second-order valence-corrected chi connectivity index (χ2v) is 7.02. The third-order valence-electron chi connectivity index (χ3n) is 5.19. The summed E-state index contributed by atoms with van der Waals surface area (Å²) in [5.74, 6) is 0.847. The van der Waals surface area contributed by atoms with E-state index in [0.717, 1.165) is 51.0 Å². The molecule has 2 aromatic rings. The van der Waals surface area contributed by atoms with Gasteiger partial charge in [0.05, 0.1) is 6.61 Å². The predicted octanol–water partition coefficient (Wildman–Crippen LogP) is 3.56. The topological polar surface area (TPSA) is 60.2 Å². The third-order valence-corrected chi connectivity index (χ3v) is 5.19. The van der Waals surface area contributed by atoms with Gasteiger partial charge in [0.1, 0.15) is 17.6 Å². The molecule has 0 aliphatic carbocycles. The van der Waals surface area contributed by atoms with E-state index < -0.39 is 0 Å². The van der Waals surface area contributed by atoms with Gasteiger partial charge in [-0.3, -0.25) is 0 Å². The second kappa shape index (κ2) is 8.13. The Morgan fingerprint density at radius 2 is 2.00 bits per heavy atom. The second-order valence-electron chi connectivity index (χ2n) is 7.02. The number of nitriles is 1. The molecule has 1 aliphatic heterocycles. The lowest BCUT2D eigenvalue weighted by Gasteiger charge is -2.42. The molecule has 4 heteroatoms. The number of nitrogens with zero attached hydrogens (tertiary/aromatic N) is 3. The van der Waals surface area contributed by atoms with E-state index in [1.54, 1.807) is 6.07 Å². The lowest BCUT2D eigenvalue weighted by molar-refractivity contribution is 0.0939. The van der Waals surface area contributed by atoms with Gasteiger partial charge in [-0.25, -0.2) is 4.98 Å². The van der Waals surface area contributed by atoms with Crippen LogP contribution in [-0.4, -0.2) is 29.8 Å². The minimum absolute atomic E-state index is 0.0721. The molecule has 130 valence electrons. The van der Waals surface area contributed by atoms with Crippen molar-refractivity contribution in [2.45, 2.75) is 32.1 Å². The van der Waals surface area contributed by atoms with Gasteiger partial charge < -0.3 is 10.0 Å². The zero-order valence-electron chi connectivity index (χ0n) is 14.6. The number of aliphatic hydroxyl groups is 1. The van der Waals surface area contributed by atoms with Crippen LogP contribution in [0, 0.1) is 16.7 Å². The number of aliphatic hydroxyl groups excluding tert-OH is 1. The van der Waals surface area contributed by atoms with Gasteiger partial charge in [-0.2, -0.15) is 5.26 Å². The van der Waals surface area contributed by atoms with E-state index >= 15 is 0 Å². The first kappa shape index (κ1) is 17.4. The van der Waals surface area contributed by atoms with Crippen molar-refractivity contribution in [2.75, 3.05) is 24.6 Å². The van der Waals surface area contributed by atoms with Crippen molar-refractivity contribution in [3.8, 4) is 6.07 Å². The highest BCUT2D eigenvalue weighted by Crippen LogP contribution is 2.36. The van der Waals surface area contributed by atoms with E-state index in [-0.39, 0.29) is 12.0 Å². The molecule has 0 radical (unpaired) electrons. The third kappa shape index (κ3) is 4.37. The van der Waals surface area contributed by atoms with E-state index in [1.165, 1.54) is 5.56 Å². The lowest BCUT2D eigenvalue weighted by Crippen LogP contribution is -2.46. The molecule has 3 rings (SSSR count). The molecule has 25 heavy (non-hydrogen) atoms. The van der Waals surface area contributed by atoms with Gasteiger partial charge in [0.2, 0.25) is 0 Å². The Labute approximate surface area is 149 Å². The largest absolute Gasteiger partial charge is 0.396 e. The standard InChI is InChI=1S/C21H25N3O/c22-15-19-10-4-11-20(23-19)24-14-6-13-21(16-24,17-25)12-5-9-18-7-2-1-3-8-18/h1-4,7-8,10-11,25H,5-6,9,12-14,16-17H2. The van der Waals surface area contributed by atoms with Crippen LogP contribution >= 0.6 is 0 Å². The normalized spacial score (nSPS) is 20.2. The minimum Gasteiger partial charge on any atom is -0.396 e. The molecule has 1 aliphatic rings. The summed E-state index contributed by atoms with van der Waals surface area (Å²) in [5, 5.41) is 19.2. The highest BCUT2D eigenvalue weighted by atomic mass is 16.3. The Balaban J connectivity index is 1.65. The quantitative estimate of drug-likeness (QED) is 0.877. The number of pyridine rings is 1. The first-order chi connectivity index (χ1) is 12.2. The molecule has 4 nitrogen and oxygen atoms in total. The van der Waals surface area contributed by atoms with Crippen LogP contribution in [-0.2, 0) is 6.42 Å². The van der Waals surface area contributed by atoms with Gasteiger partial charge >= 0.3 is 0 Å². The summed E-state index contributed by atoms with van der Waals surface area (Å²) in [6.07, 6.45) is 5.22. The average Bonchev–Trinajstić information content (AvgIpc) is 2.69. The fourth-order valence-corrected chi connectivity index (χ4v) is 3.79. The number of benzene rings is 1.